The van der Waals surface area contributed by atoms with Gasteiger partial charge in [-0.25, -0.2) is 14.4 Å². The number of rotatable bonds is 8. The number of nitrogens with two attached hydrogens (primary N) is 1. The van der Waals surface area contributed by atoms with Crippen molar-refractivity contribution in [2.75, 3.05) is 66.7 Å². The summed E-state index contributed by atoms with van der Waals surface area (Å²) < 4.78 is 15.3. The Kier molecular flexibility index (Phi) is 13.8. The fourth-order valence-electron chi connectivity index (χ4n) is 9.86. The molecule has 0 spiro atoms. The number of piperazine rings is 2. The topological polar surface area (TPSA) is 186 Å². The number of fused-ring (bicyclic) bond motifs is 2. The number of phenols is 1. The molecule has 16 heteroatoms. The number of imide groups is 1. The number of carbonyl (C=O) groups excluding carboxylic acids is 3. The van der Waals surface area contributed by atoms with E-state index in [9.17, 15) is 19.5 Å². The lowest BCUT2D eigenvalue weighted by Crippen LogP contribution is -2.54. The number of nitrogens with zero attached hydrogens (tertiary/aromatic N) is 8. The standard InChI is InChI=1S/C41H47FN10O3.C4H9NO.CH4/c42-32-21-26(30-12-14-38(54)46-40(30)55)7-13-35(32)50-19-17-49(18-20-50)27-8-5-25(6-9-27)33-15-16-44-41(45-33)52-28-10-11-29(52)24-51(23-28)36-22-34(47-48-39(36)43)31-3-1-2-4-37(31)53;1-3-4(6)5-2;/h1-4,7,13,15-16,21-22,25,27-30,53H,5-6,8-12,14,17-20,23-24H2,(H2,43,48)(H,46,54,55);3H2,1-2H3,(H,5,6);1H4. The summed E-state index contributed by atoms with van der Waals surface area (Å²) in [6.45, 7) is 6.64. The van der Waals surface area contributed by atoms with Gasteiger partial charge in [0.1, 0.15) is 11.6 Å². The number of phenolic OH excluding ortho intramolecular Hbond substituents is 1. The third kappa shape index (κ3) is 9.44. The molecule has 3 amide bonds. The number of anilines is 4. The number of hydrogen-bond acceptors (Lipinski definition) is 13. The predicted molar refractivity (Wildman–Crippen MR) is 238 cm³/mol. The average Bonchev–Trinajstić information content (AvgIpc) is 3.55. The van der Waals surface area contributed by atoms with Crippen molar-refractivity contribution in [3.63, 3.8) is 0 Å². The van der Waals surface area contributed by atoms with Gasteiger partial charge in [-0.1, -0.05) is 32.5 Å². The van der Waals surface area contributed by atoms with E-state index in [1.807, 2.05) is 37.4 Å². The van der Waals surface area contributed by atoms with E-state index in [1.54, 1.807) is 25.2 Å². The van der Waals surface area contributed by atoms with E-state index in [0.29, 0.717) is 53.1 Å². The molecule has 330 valence electrons. The van der Waals surface area contributed by atoms with Crippen molar-refractivity contribution in [3.8, 4) is 17.0 Å². The lowest BCUT2D eigenvalue weighted by molar-refractivity contribution is -0.134. The molecule has 5 fully saturated rings. The summed E-state index contributed by atoms with van der Waals surface area (Å²) in [7, 11) is 1.63. The number of aromatic nitrogens is 4. The minimum atomic E-state index is -0.489. The molecule has 2 aromatic carbocycles. The largest absolute Gasteiger partial charge is 0.507 e. The van der Waals surface area contributed by atoms with E-state index >= 15 is 4.39 Å². The van der Waals surface area contributed by atoms with Gasteiger partial charge in [-0.05, 0) is 86.9 Å². The lowest BCUT2D eigenvalue weighted by Gasteiger charge is -2.43. The Labute approximate surface area is 363 Å². The van der Waals surface area contributed by atoms with E-state index < -0.39 is 5.92 Å². The maximum Gasteiger partial charge on any atom is 0.234 e. The molecule has 2 bridgehead atoms. The van der Waals surface area contributed by atoms with Crippen molar-refractivity contribution in [2.24, 2.45) is 0 Å². The fourth-order valence-corrected chi connectivity index (χ4v) is 9.86. The highest BCUT2D eigenvalue weighted by Gasteiger charge is 2.42. The minimum absolute atomic E-state index is 0. The molecular formula is C46H60FN11O4. The first kappa shape index (κ1) is 44.2. The first-order chi connectivity index (χ1) is 29.6. The number of benzene rings is 2. The molecule has 62 heavy (non-hydrogen) atoms. The van der Waals surface area contributed by atoms with Crippen LogP contribution in [0.3, 0.4) is 0 Å². The third-order valence-corrected chi connectivity index (χ3v) is 13.2. The Hall–Kier alpha value is -5.90. The number of para-hydroxylation sites is 1. The summed E-state index contributed by atoms with van der Waals surface area (Å²) in [6, 6.07) is 17.3. The van der Waals surface area contributed by atoms with Crippen molar-refractivity contribution >= 4 is 40.9 Å². The quantitative estimate of drug-likeness (QED) is 0.166. The van der Waals surface area contributed by atoms with E-state index in [1.165, 1.54) is 6.07 Å². The molecule has 1 aliphatic carbocycles. The summed E-state index contributed by atoms with van der Waals surface area (Å²) in [5.74, 6) is 0.430. The molecule has 6 heterocycles. The molecule has 9 rings (SSSR count). The Bertz CT molecular complexity index is 2210. The van der Waals surface area contributed by atoms with Crippen molar-refractivity contribution in [1.29, 1.82) is 0 Å². The Balaban J connectivity index is 0.000000773. The summed E-state index contributed by atoms with van der Waals surface area (Å²) in [6.07, 6.45) is 9.66. The van der Waals surface area contributed by atoms with Gasteiger partial charge in [-0.2, -0.15) is 0 Å². The zero-order valence-electron chi connectivity index (χ0n) is 35.0. The third-order valence-electron chi connectivity index (χ3n) is 13.2. The molecule has 5 aliphatic rings. The number of amides is 3. The number of nitrogen functional groups attached to an aromatic ring is 1. The smallest absolute Gasteiger partial charge is 0.234 e. The van der Waals surface area contributed by atoms with E-state index in [4.69, 9.17) is 15.7 Å². The molecule has 0 radical (unpaired) electrons. The fraction of sp³-hybridized carbons (Fsp3) is 0.500. The van der Waals surface area contributed by atoms with Gasteiger partial charge in [0.15, 0.2) is 5.82 Å². The first-order valence-electron chi connectivity index (χ1n) is 21.7. The van der Waals surface area contributed by atoms with Crippen LogP contribution in [0, 0.1) is 5.82 Å². The molecule has 4 saturated heterocycles. The van der Waals surface area contributed by atoms with Crippen LogP contribution in [-0.2, 0) is 14.4 Å². The average molecular weight is 850 g/mol. The zero-order chi connectivity index (χ0) is 42.6. The normalized spacial score (nSPS) is 23.8. The van der Waals surface area contributed by atoms with Crippen LogP contribution in [0.15, 0.2) is 60.8 Å². The summed E-state index contributed by atoms with van der Waals surface area (Å²) in [4.78, 5) is 53.3. The van der Waals surface area contributed by atoms with Gasteiger partial charge < -0.3 is 30.9 Å². The first-order valence-corrected chi connectivity index (χ1v) is 21.7. The number of aromatic hydroxyl groups is 1. The molecular weight excluding hydrogens is 790 g/mol. The molecule has 4 aliphatic heterocycles. The van der Waals surface area contributed by atoms with Crippen molar-refractivity contribution in [3.05, 3.63) is 77.9 Å². The lowest BCUT2D eigenvalue weighted by atomic mass is 9.83. The van der Waals surface area contributed by atoms with Crippen LogP contribution in [0.2, 0.25) is 0 Å². The van der Waals surface area contributed by atoms with Crippen LogP contribution in [0.1, 0.15) is 95.2 Å². The number of nitrogens with one attached hydrogen (secondary N) is 2. The second kappa shape index (κ2) is 19.4. The van der Waals surface area contributed by atoms with Crippen LogP contribution in [0.5, 0.6) is 5.75 Å². The van der Waals surface area contributed by atoms with E-state index in [0.717, 1.165) is 95.1 Å². The summed E-state index contributed by atoms with van der Waals surface area (Å²) in [5.41, 5.74) is 10.8. The van der Waals surface area contributed by atoms with Gasteiger partial charge in [0.2, 0.25) is 23.7 Å². The van der Waals surface area contributed by atoms with Crippen molar-refractivity contribution in [2.45, 2.75) is 102 Å². The highest BCUT2D eigenvalue weighted by Crippen LogP contribution is 2.40. The maximum atomic E-state index is 15.3. The van der Waals surface area contributed by atoms with Crippen molar-refractivity contribution in [1.82, 2.24) is 35.7 Å². The SMILES string of the molecule is C.CCC(=O)NC.Nc1nnc(-c2ccccc2O)cc1N1CC2CCC(C1)N2c1nccc(C2CCC(N3CCN(c4ccc(C5CCC(=O)NC5=O)cc4F)CC3)CC2)n1. The number of halogens is 1. The van der Waals surface area contributed by atoms with Crippen LogP contribution >= 0.6 is 0 Å². The summed E-state index contributed by atoms with van der Waals surface area (Å²) in [5, 5.41) is 23.8. The number of piperidine rings is 1. The second-order valence-corrected chi connectivity index (χ2v) is 16.8. The van der Waals surface area contributed by atoms with Crippen LogP contribution in [-0.4, -0.2) is 112 Å². The predicted octanol–water partition coefficient (Wildman–Crippen LogP) is 5.37. The van der Waals surface area contributed by atoms with Crippen molar-refractivity contribution < 1.29 is 23.9 Å². The highest BCUT2D eigenvalue weighted by molar-refractivity contribution is 6.01. The molecule has 3 atom stereocenters. The Morgan fingerprint density at radius 2 is 1.60 bits per heavy atom. The molecule has 5 N–H and O–H groups in total. The maximum absolute atomic E-state index is 15.3. The van der Waals surface area contributed by atoms with Crippen LogP contribution < -0.4 is 31.1 Å². The van der Waals surface area contributed by atoms with E-state index in [-0.39, 0.29) is 55.2 Å². The van der Waals surface area contributed by atoms with Gasteiger partial charge in [0.25, 0.3) is 0 Å². The second-order valence-electron chi connectivity index (χ2n) is 16.8. The zero-order valence-corrected chi connectivity index (χ0v) is 35.0. The Morgan fingerprint density at radius 1 is 0.887 bits per heavy atom. The molecule has 2 aromatic heterocycles. The molecule has 4 aromatic rings. The molecule has 15 nitrogen and oxygen atoms in total. The van der Waals surface area contributed by atoms with Gasteiger partial charge in [-0.3, -0.25) is 24.6 Å². The van der Waals surface area contributed by atoms with Crippen LogP contribution in [0.25, 0.3) is 11.3 Å². The molecule has 3 unspecified atom stereocenters. The summed E-state index contributed by atoms with van der Waals surface area (Å²) >= 11 is 0. The molecule has 1 saturated carbocycles. The number of carbonyl (C=O) groups is 3. The monoisotopic (exact) mass is 849 g/mol. The Morgan fingerprint density at radius 3 is 2.24 bits per heavy atom. The van der Waals surface area contributed by atoms with E-state index in [2.05, 4.69) is 46.5 Å². The number of hydrogen-bond donors (Lipinski definition) is 4. The van der Waals surface area contributed by atoms with Crippen LogP contribution in [0.4, 0.5) is 27.5 Å². The highest BCUT2D eigenvalue weighted by atomic mass is 19.1. The van der Waals surface area contributed by atoms with Gasteiger partial charge in [0.05, 0.1) is 23.0 Å². The van der Waals surface area contributed by atoms with Gasteiger partial charge in [0, 0.05) is 101 Å². The minimum Gasteiger partial charge on any atom is -0.507 e. The van der Waals surface area contributed by atoms with Gasteiger partial charge >= 0.3 is 0 Å². The van der Waals surface area contributed by atoms with Gasteiger partial charge in [-0.15, -0.1) is 10.2 Å².